The van der Waals surface area contributed by atoms with E-state index < -0.39 is 5.82 Å². The molecule has 0 aromatic heterocycles. The van der Waals surface area contributed by atoms with Gasteiger partial charge in [-0.2, -0.15) is 0 Å². The van der Waals surface area contributed by atoms with Crippen molar-refractivity contribution in [1.82, 2.24) is 0 Å². The van der Waals surface area contributed by atoms with E-state index in [0.717, 1.165) is 0 Å². The predicted octanol–water partition coefficient (Wildman–Crippen LogP) is 3.51. The van der Waals surface area contributed by atoms with Gasteiger partial charge < -0.3 is 15.6 Å². The van der Waals surface area contributed by atoms with Gasteiger partial charge in [0.1, 0.15) is 10.7 Å². The van der Waals surface area contributed by atoms with Crippen LogP contribution < -0.4 is 10.5 Å². The second-order valence-corrected chi connectivity index (χ2v) is 5.20. The van der Waals surface area contributed by atoms with Gasteiger partial charge in [-0.25, -0.2) is 4.39 Å². The largest absolute Gasteiger partial charge is 0.454 e. The minimum absolute atomic E-state index is 0.0257. The lowest BCUT2D eigenvalue weighted by atomic mass is 10.2. The number of aliphatic hydroxyl groups is 1. The molecule has 2 aromatic rings. The van der Waals surface area contributed by atoms with Crippen molar-refractivity contribution in [2.75, 3.05) is 0 Å². The third-order valence-corrected chi connectivity index (χ3v) is 3.67. The van der Waals surface area contributed by atoms with E-state index in [2.05, 4.69) is 15.9 Å². The van der Waals surface area contributed by atoms with E-state index in [9.17, 15) is 9.50 Å². The van der Waals surface area contributed by atoms with Crippen LogP contribution in [0.2, 0.25) is 0 Å². The molecule has 0 spiro atoms. The Morgan fingerprint density at radius 2 is 1.95 bits per heavy atom. The van der Waals surface area contributed by atoms with Crippen molar-refractivity contribution in [3.05, 3.63) is 57.8 Å². The number of thiocarbonyl (C=S) groups is 1. The van der Waals surface area contributed by atoms with Crippen LogP contribution in [0.1, 0.15) is 11.1 Å². The molecule has 0 saturated heterocycles. The molecule has 0 atom stereocenters. The quantitative estimate of drug-likeness (QED) is 0.824. The maximum Gasteiger partial charge on any atom is 0.180 e. The number of hydrogen-bond acceptors (Lipinski definition) is 3. The SMILES string of the molecule is NC(=S)c1ccc(Oc2ccccc2CO)c(F)c1Br. The number of nitrogens with two attached hydrogens (primary N) is 1. The molecular weight excluding hydrogens is 345 g/mol. The molecule has 20 heavy (non-hydrogen) atoms. The van der Waals surface area contributed by atoms with Gasteiger partial charge in [-0.1, -0.05) is 30.4 Å². The normalized spacial score (nSPS) is 10.3. The summed E-state index contributed by atoms with van der Waals surface area (Å²) in [7, 11) is 0. The molecule has 2 rings (SSSR count). The van der Waals surface area contributed by atoms with E-state index >= 15 is 0 Å². The van der Waals surface area contributed by atoms with E-state index in [-0.39, 0.29) is 21.8 Å². The standard InChI is InChI=1S/C14H11BrFNO2S/c15-12-9(14(17)20)5-6-11(13(12)16)19-10-4-2-1-3-8(10)7-18/h1-6,18H,7H2,(H2,17,20). The summed E-state index contributed by atoms with van der Waals surface area (Å²) in [6.45, 7) is -0.191. The molecule has 6 heteroatoms. The van der Waals surface area contributed by atoms with Crippen molar-refractivity contribution in [1.29, 1.82) is 0 Å². The van der Waals surface area contributed by atoms with Crippen LogP contribution in [-0.4, -0.2) is 10.1 Å². The van der Waals surface area contributed by atoms with Gasteiger partial charge in [0.25, 0.3) is 0 Å². The summed E-state index contributed by atoms with van der Waals surface area (Å²) in [5, 5.41) is 9.22. The monoisotopic (exact) mass is 355 g/mol. The number of benzene rings is 2. The molecule has 0 fully saturated rings. The van der Waals surface area contributed by atoms with Crippen LogP contribution in [0.15, 0.2) is 40.9 Å². The van der Waals surface area contributed by atoms with Gasteiger partial charge in [-0.15, -0.1) is 0 Å². The summed E-state index contributed by atoms with van der Waals surface area (Å²) in [6, 6.07) is 9.88. The molecule has 0 unspecified atom stereocenters. The molecular formula is C14H11BrFNO2S. The summed E-state index contributed by atoms with van der Waals surface area (Å²) in [4.78, 5) is 0.0954. The third-order valence-electron chi connectivity index (χ3n) is 2.68. The van der Waals surface area contributed by atoms with Crippen LogP contribution in [0.25, 0.3) is 0 Å². The Kier molecular flexibility index (Phi) is 4.69. The lowest BCUT2D eigenvalue weighted by Crippen LogP contribution is -2.11. The second kappa shape index (κ2) is 6.30. The highest BCUT2D eigenvalue weighted by atomic mass is 79.9. The van der Waals surface area contributed by atoms with E-state index in [1.165, 1.54) is 6.07 Å². The van der Waals surface area contributed by atoms with Gasteiger partial charge in [0, 0.05) is 11.1 Å². The predicted molar refractivity (Wildman–Crippen MR) is 82.4 cm³/mol. The first-order valence-electron chi connectivity index (χ1n) is 5.69. The Balaban J connectivity index is 2.40. The molecule has 0 bridgehead atoms. The van der Waals surface area contributed by atoms with Crippen molar-refractivity contribution in [3.8, 4) is 11.5 Å². The van der Waals surface area contributed by atoms with Crippen molar-refractivity contribution in [2.24, 2.45) is 5.73 Å². The number of aliphatic hydroxyl groups excluding tert-OH is 1. The Morgan fingerprint density at radius 3 is 2.60 bits per heavy atom. The Bertz CT molecular complexity index is 664. The molecule has 3 nitrogen and oxygen atoms in total. The van der Waals surface area contributed by atoms with E-state index in [1.54, 1.807) is 30.3 Å². The van der Waals surface area contributed by atoms with Crippen molar-refractivity contribution >= 4 is 33.1 Å². The lowest BCUT2D eigenvalue weighted by molar-refractivity contribution is 0.276. The van der Waals surface area contributed by atoms with Gasteiger partial charge in [0.15, 0.2) is 11.6 Å². The summed E-state index contributed by atoms with van der Waals surface area (Å²) in [5.41, 5.74) is 6.47. The van der Waals surface area contributed by atoms with Gasteiger partial charge in [-0.3, -0.25) is 0 Å². The molecule has 0 heterocycles. The Morgan fingerprint density at radius 1 is 1.25 bits per heavy atom. The topological polar surface area (TPSA) is 55.5 Å². The van der Waals surface area contributed by atoms with Gasteiger partial charge in [-0.05, 0) is 34.1 Å². The molecule has 0 saturated carbocycles. The highest BCUT2D eigenvalue weighted by Gasteiger charge is 2.15. The summed E-state index contributed by atoms with van der Waals surface area (Å²) in [5.74, 6) is -0.176. The van der Waals surface area contributed by atoms with Crippen molar-refractivity contribution in [3.63, 3.8) is 0 Å². The average molecular weight is 356 g/mol. The van der Waals surface area contributed by atoms with Crippen molar-refractivity contribution < 1.29 is 14.2 Å². The fraction of sp³-hybridized carbons (Fsp3) is 0.0714. The average Bonchev–Trinajstić information content (AvgIpc) is 2.44. The maximum atomic E-state index is 14.2. The molecule has 0 aliphatic carbocycles. The van der Waals surface area contributed by atoms with Gasteiger partial charge in [0.2, 0.25) is 0 Å². The highest BCUT2D eigenvalue weighted by Crippen LogP contribution is 2.33. The van der Waals surface area contributed by atoms with Crippen molar-refractivity contribution in [2.45, 2.75) is 6.61 Å². The summed E-state index contributed by atoms with van der Waals surface area (Å²) in [6.07, 6.45) is 0. The second-order valence-electron chi connectivity index (χ2n) is 3.97. The first kappa shape index (κ1) is 14.9. The smallest absolute Gasteiger partial charge is 0.180 e. The van der Waals surface area contributed by atoms with Crippen LogP contribution in [0.4, 0.5) is 4.39 Å². The third kappa shape index (κ3) is 2.98. The fourth-order valence-corrected chi connectivity index (χ4v) is 2.50. The highest BCUT2D eigenvalue weighted by molar-refractivity contribution is 9.10. The minimum Gasteiger partial charge on any atom is -0.454 e. The summed E-state index contributed by atoms with van der Waals surface area (Å²) >= 11 is 7.94. The number of para-hydroxylation sites is 1. The maximum absolute atomic E-state index is 14.2. The number of halogens is 2. The lowest BCUT2D eigenvalue weighted by Gasteiger charge is -2.12. The molecule has 2 aromatic carbocycles. The van der Waals surface area contributed by atoms with Crippen LogP contribution in [0.5, 0.6) is 11.5 Å². The van der Waals surface area contributed by atoms with Gasteiger partial charge >= 0.3 is 0 Å². The molecule has 3 N–H and O–H groups in total. The zero-order valence-corrected chi connectivity index (χ0v) is 12.7. The van der Waals surface area contributed by atoms with Crippen LogP contribution in [0.3, 0.4) is 0 Å². The zero-order chi connectivity index (χ0) is 14.7. The first-order valence-corrected chi connectivity index (χ1v) is 6.89. The fourth-order valence-electron chi connectivity index (χ4n) is 1.65. The summed E-state index contributed by atoms with van der Waals surface area (Å²) < 4.78 is 19.8. The van der Waals surface area contributed by atoms with E-state index in [0.29, 0.717) is 16.9 Å². The van der Waals surface area contributed by atoms with E-state index in [4.69, 9.17) is 22.7 Å². The first-order chi connectivity index (χ1) is 9.54. The molecule has 104 valence electrons. The van der Waals surface area contributed by atoms with Gasteiger partial charge in [0.05, 0.1) is 11.1 Å². The number of rotatable bonds is 4. The van der Waals surface area contributed by atoms with Crippen LogP contribution in [-0.2, 0) is 6.61 Å². The molecule has 0 amide bonds. The molecule has 0 aliphatic rings. The minimum atomic E-state index is -0.594. The zero-order valence-electron chi connectivity index (χ0n) is 10.3. The Labute approximate surface area is 129 Å². The van der Waals surface area contributed by atoms with Crippen LogP contribution in [0, 0.1) is 5.82 Å². The molecule has 0 aliphatic heterocycles. The van der Waals surface area contributed by atoms with E-state index in [1.807, 2.05) is 0 Å². The number of hydrogen-bond donors (Lipinski definition) is 2. The Hall–Kier alpha value is -1.50. The molecule has 0 radical (unpaired) electrons. The number of ether oxygens (including phenoxy) is 1. The van der Waals surface area contributed by atoms with Crippen LogP contribution >= 0.6 is 28.1 Å².